The minimum absolute atomic E-state index is 0.139. The van der Waals surface area contributed by atoms with Gasteiger partial charge in [-0.25, -0.2) is 0 Å². The van der Waals surface area contributed by atoms with Crippen molar-refractivity contribution in [1.82, 2.24) is 4.90 Å². The van der Waals surface area contributed by atoms with Crippen LogP contribution in [-0.2, 0) is 6.54 Å². The summed E-state index contributed by atoms with van der Waals surface area (Å²) in [5.74, 6) is 0. The molecule has 0 saturated carbocycles. The average Bonchev–Trinajstić information content (AvgIpc) is 2.78. The van der Waals surface area contributed by atoms with Gasteiger partial charge in [0, 0.05) is 12.6 Å². The zero-order chi connectivity index (χ0) is 9.26. The van der Waals surface area contributed by atoms with E-state index < -0.39 is 0 Å². The molecule has 1 aliphatic heterocycles. The summed E-state index contributed by atoms with van der Waals surface area (Å²) < 4.78 is 0. The maximum atomic E-state index is 8.73. The molecule has 2 nitrogen and oxygen atoms in total. The Morgan fingerprint density at radius 1 is 1.38 bits per heavy atom. The minimum atomic E-state index is 0.139. The molecule has 0 spiro atoms. The number of hydrogen-bond donors (Lipinski definition) is 0. The summed E-state index contributed by atoms with van der Waals surface area (Å²) in [5, 5.41) is 8.73. The lowest BCUT2D eigenvalue weighted by molar-refractivity contribution is 0.499. The maximum absolute atomic E-state index is 8.73. The SMILES string of the molecule is C[C@H]1[C@H](C#N)N1Cc1ccccc1. The van der Waals surface area contributed by atoms with E-state index in [0.29, 0.717) is 6.04 Å². The second-order valence-corrected chi connectivity index (χ2v) is 3.47. The van der Waals surface area contributed by atoms with Crippen molar-refractivity contribution in [3.05, 3.63) is 35.9 Å². The van der Waals surface area contributed by atoms with Crippen molar-refractivity contribution in [1.29, 1.82) is 5.26 Å². The molecule has 1 fully saturated rings. The van der Waals surface area contributed by atoms with Crippen molar-refractivity contribution < 1.29 is 0 Å². The highest BCUT2D eigenvalue weighted by Gasteiger charge is 2.43. The van der Waals surface area contributed by atoms with E-state index in [0.717, 1.165) is 6.54 Å². The Bertz CT molecular complexity index is 326. The molecule has 0 amide bonds. The predicted molar refractivity (Wildman–Crippen MR) is 50.8 cm³/mol. The Balaban J connectivity index is 1.99. The van der Waals surface area contributed by atoms with Gasteiger partial charge >= 0.3 is 0 Å². The van der Waals surface area contributed by atoms with E-state index >= 15 is 0 Å². The van der Waals surface area contributed by atoms with Gasteiger partial charge in [0.15, 0.2) is 0 Å². The molecule has 13 heavy (non-hydrogen) atoms. The zero-order valence-corrected chi connectivity index (χ0v) is 7.64. The molecule has 2 heteroatoms. The third-order valence-electron chi connectivity index (χ3n) is 2.59. The summed E-state index contributed by atoms with van der Waals surface area (Å²) in [6.07, 6.45) is 0. The number of hydrogen-bond acceptors (Lipinski definition) is 2. The first kappa shape index (κ1) is 8.28. The summed E-state index contributed by atoms with van der Waals surface area (Å²) in [7, 11) is 0. The molecule has 0 aromatic heterocycles. The van der Waals surface area contributed by atoms with Crippen molar-refractivity contribution in [2.24, 2.45) is 0 Å². The van der Waals surface area contributed by atoms with E-state index in [1.165, 1.54) is 5.56 Å². The van der Waals surface area contributed by atoms with Crippen molar-refractivity contribution >= 4 is 0 Å². The van der Waals surface area contributed by atoms with E-state index in [4.69, 9.17) is 5.26 Å². The van der Waals surface area contributed by atoms with Gasteiger partial charge in [0.25, 0.3) is 0 Å². The summed E-state index contributed by atoms with van der Waals surface area (Å²) in [4.78, 5) is 2.19. The van der Waals surface area contributed by atoms with Crippen molar-refractivity contribution in [2.45, 2.75) is 25.6 Å². The number of rotatable bonds is 2. The topological polar surface area (TPSA) is 26.8 Å². The fourth-order valence-electron chi connectivity index (χ4n) is 1.63. The lowest BCUT2D eigenvalue weighted by Crippen LogP contribution is -2.01. The summed E-state index contributed by atoms with van der Waals surface area (Å²) in [5.41, 5.74) is 1.28. The van der Waals surface area contributed by atoms with Crippen molar-refractivity contribution in [3.63, 3.8) is 0 Å². The van der Waals surface area contributed by atoms with Gasteiger partial charge in [-0.05, 0) is 12.5 Å². The number of nitrogens with zero attached hydrogens (tertiary/aromatic N) is 2. The van der Waals surface area contributed by atoms with E-state index in [-0.39, 0.29) is 6.04 Å². The zero-order valence-electron chi connectivity index (χ0n) is 7.64. The van der Waals surface area contributed by atoms with E-state index in [1.54, 1.807) is 0 Å². The molecular weight excluding hydrogens is 160 g/mol. The Labute approximate surface area is 78.4 Å². The first-order valence-corrected chi connectivity index (χ1v) is 4.52. The van der Waals surface area contributed by atoms with Crippen LogP contribution in [0.2, 0.25) is 0 Å². The maximum Gasteiger partial charge on any atom is 0.114 e. The number of nitriles is 1. The molecule has 0 radical (unpaired) electrons. The molecule has 2 rings (SSSR count). The number of benzene rings is 1. The Kier molecular flexibility index (Phi) is 2.03. The minimum Gasteiger partial charge on any atom is -0.277 e. The molecule has 1 aromatic rings. The van der Waals surface area contributed by atoms with Gasteiger partial charge in [-0.2, -0.15) is 5.26 Å². The first-order chi connectivity index (χ1) is 6.33. The molecule has 1 aliphatic rings. The molecule has 66 valence electrons. The third-order valence-corrected chi connectivity index (χ3v) is 2.59. The van der Waals surface area contributed by atoms with Gasteiger partial charge in [0.2, 0.25) is 0 Å². The van der Waals surface area contributed by atoms with Crippen LogP contribution in [0.4, 0.5) is 0 Å². The highest BCUT2D eigenvalue weighted by Crippen LogP contribution is 2.28. The van der Waals surface area contributed by atoms with Gasteiger partial charge in [-0.15, -0.1) is 0 Å². The Morgan fingerprint density at radius 3 is 2.62 bits per heavy atom. The molecule has 0 aliphatic carbocycles. The largest absolute Gasteiger partial charge is 0.277 e. The van der Waals surface area contributed by atoms with Gasteiger partial charge < -0.3 is 0 Å². The molecule has 1 aromatic carbocycles. The molecule has 0 N–H and O–H groups in total. The highest BCUT2D eigenvalue weighted by atomic mass is 15.3. The van der Waals surface area contributed by atoms with Gasteiger partial charge in [0.05, 0.1) is 6.07 Å². The lowest BCUT2D eigenvalue weighted by atomic mass is 10.2. The first-order valence-electron chi connectivity index (χ1n) is 4.52. The molecule has 1 saturated heterocycles. The quantitative estimate of drug-likeness (QED) is 0.636. The van der Waals surface area contributed by atoms with Gasteiger partial charge in [0.1, 0.15) is 6.04 Å². The van der Waals surface area contributed by atoms with Crippen molar-refractivity contribution in [2.75, 3.05) is 0 Å². The Morgan fingerprint density at radius 2 is 2.08 bits per heavy atom. The van der Waals surface area contributed by atoms with Gasteiger partial charge in [-0.1, -0.05) is 30.3 Å². The summed E-state index contributed by atoms with van der Waals surface area (Å²) in [6.45, 7) is 3.00. The summed E-state index contributed by atoms with van der Waals surface area (Å²) >= 11 is 0. The monoisotopic (exact) mass is 172 g/mol. The molecule has 0 bridgehead atoms. The van der Waals surface area contributed by atoms with E-state index in [2.05, 4.69) is 30.0 Å². The second-order valence-electron chi connectivity index (χ2n) is 3.47. The molecular formula is C11H12N2. The summed E-state index contributed by atoms with van der Waals surface area (Å²) in [6, 6.07) is 13.1. The predicted octanol–water partition coefficient (Wildman–Crippen LogP) is 1.78. The van der Waals surface area contributed by atoms with Crippen LogP contribution >= 0.6 is 0 Å². The normalized spacial score (nSPS) is 30.9. The van der Waals surface area contributed by atoms with E-state index in [1.807, 2.05) is 18.2 Å². The van der Waals surface area contributed by atoms with Crippen LogP contribution in [0, 0.1) is 11.3 Å². The second kappa shape index (κ2) is 3.20. The fraction of sp³-hybridized carbons (Fsp3) is 0.364. The van der Waals surface area contributed by atoms with Crippen LogP contribution in [0.25, 0.3) is 0 Å². The van der Waals surface area contributed by atoms with Crippen LogP contribution < -0.4 is 0 Å². The lowest BCUT2D eigenvalue weighted by Gasteiger charge is -2.00. The van der Waals surface area contributed by atoms with Crippen LogP contribution in [0.15, 0.2) is 30.3 Å². The average molecular weight is 172 g/mol. The standard InChI is InChI=1S/C11H12N2/c1-9-11(7-12)13(9)8-10-5-3-2-4-6-10/h2-6,9,11H,8H2,1H3/t9-,11-,13?/m0/s1. The van der Waals surface area contributed by atoms with Gasteiger partial charge in [-0.3, -0.25) is 4.90 Å². The third kappa shape index (κ3) is 1.56. The highest BCUT2D eigenvalue weighted by molar-refractivity contribution is 5.20. The van der Waals surface area contributed by atoms with Crippen LogP contribution in [0.5, 0.6) is 0 Å². The molecule has 3 atom stereocenters. The van der Waals surface area contributed by atoms with Crippen LogP contribution in [-0.4, -0.2) is 17.0 Å². The van der Waals surface area contributed by atoms with Crippen LogP contribution in [0.3, 0.4) is 0 Å². The molecule has 1 heterocycles. The van der Waals surface area contributed by atoms with E-state index in [9.17, 15) is 0 Å². The fourth-order valence-corrected chi connectivity index (χ4v) is 1.63. The molecule has 1 unspecified atom stereocenters. The van der Waals surface area contributed by atoms with Crippen molar-refractivity contribution in [3.8, 4) is 6.07 Å². The Hall–Kier alpha value is -1.33. The smallest absolute Gasteiger partial charge is 0.114 e. The van der Waals surface area contributed by atoms with Crippen LogP contribution in [0.1, 0.15) is 12.5 Å².